The Hall–Kier alpha value is -2.55. The van der Waals surface area contributed by atoms with Crippen LogP contribution in [-0.4, -0.2) is 50.2 Å². The van der Waals surface area contributed by atoms with Crippen LogP contribution in [0.4, 0.5) is 10.3 Å². The van der Waals surface area contributed by atoms with E-state index >= 15 is 0 Å². The van der Waals surface area contributed by atoms with E-state index in [0.29, 0.717) is 32.2 Å². The van der Waals surface area contributed by atoms with Crippen LogP contribution in [0.2, 0.25) is 0 Å². The van der Waals surface area contributed by atoms with Gasteiger partial charge < -0.3 is 9.47 Å². The summed E-state index contributed by atoms with van der Waals surface area (Å²) in [4.78, 5) is 32.4. The lowest BCUT2D eigenvalue weighted by molar-refractivity contribution is -0.200. The van der Waals surface area contributed by atoms with Crippen molar-refractivity contribution in [3.63, 3.8) is 0 Å². The minimum Gasteiger partial charge on any atom is -0.332 e. The minimum absolute atomic E-state index is 0.110. The zero-order valence-electron chi connectivity index (χ0n) is 13.0. The zero-order valence-corrected chi connectivity index (χ0v) is 13.0. The summed E-state index contributed by atoms with van der Waals surface area (Å²) in [6.07, 6.45) is 7.51. The highest BCUT2D eigenvalue weighted by Crippen LogP contribution is 2.26. The maximum Gasteiger partial charge on any atom is 0.271 e. The number of anilines is 1. The molecule has 9 heteroatoms. The summed E-state index contributed by atoms with van der Waals surface area (Å²) in [5, 5.41) is 1.44. The Kier molecular flexibility index (Phi) is 3.85. The highest BCUT2D eigenvalue weighted by Gasteiger charge is 2.35. The van der Waals surface area contributed by atoms with Crippen LogP contribution < -0.4 is 4.90 Å². The van der Waals surface area contributed by atoms with E-state index in [-0.39, 0.29) is 5.91 Å². The highest BCUT2D eigenvalue weighted by molar-refractivity contribution is 5.80. The molecule has 1 atom stereocenters. The molecule has 24 heavy (non-hydrogen) atoms. The minimum atomic E-state index is -0.491. The number of hydrogen-bond acceptors (Lipinski definition) is 6. The summed E-state index contributed by atoms with van der Waals surface area (Å²) >= 11 is 0. The fourth-order valence-electron chi connectivity index (χ4n) is 3.05. The third-order valence-electron chi connectivity index (χ3n) is 4.25. The molecule has 0 N–H and O–H groups in total. The van der Waals surface area contributed by atoms with E-state index < -0.39 is 11.9 Å². The van der Waals surface area contributed by atoms with E-state index in [0.717, 1.165) is 30.9 Å². The number of rotatable bonds is 2. The van der Waals surface area contributed by atoms with Gasteiger partial charge in [-0.25, -0.2) is 24.4 Å². The van der Waals surface area contributed by atoms with Gasteiger partial charge in [-0.3, -0.25) is 9.63 Å². The number of nitrogens with zero attached hydrogens (tertiary/aromatic N) is 6. The van der Waals surface area contributed by atoms with Crippen LogP contribution in [0.25, 0.3) is 0 Å². The average Bonchev–Trinajstić information content (AvgIpc) is 3.10. The molecule has 8 nitrogen and oxygen atoms in total. The molecule has 2 aromatic rings. The number of hydrogen-bond donors (Lipinski definition) is 0. The Bertz CT molecular complexity index is 728. The SMILES string of the molecule is O=C([C@H]1CN(c2ncc(F)cn2)Cc2cncn21)N1CCCCO1. The first-order valence-electron chi connectivity index (χ1n) is 7.90. The molecular formula is C15H17FN6O2. The second-order valence-corrected chi connectivity index (χ2v) is 5.87. The summed E-state index contributed by atoms with van der Waals surface area (Å²) in [5.74, 6) is -0.211. The third kappa shape index (κ3) is 2.71. The van der Waals surface area contributed by atoms with Gasteiger partial charge in [0, 0.05) is 12.7 Å². The van der Waals surface area contributed by atoms with Crippen molar-refractivity contribution in [2.75, 3.05) is 24.6 Å². The molecular weight excluding hydrogens is 315 g/mol. The van der Waals surface area contributed by atoms with Gasteiger partial charge in [-0.1, -0.05) is 0 Å². The molecule has 4 rings (SSSR count). The van der Waals surface area contributed by atoms with Crippen LogP contribution in [0, 0.1) is 5.82 Å². The van der Waals surface area contributed by atoms with Crippen molar-refractivity contribution < 1.29 is 14.0 Å². The first-order chi connectivity index (χ1) is 11.7. The van der Waals surface area contributed by atoms with E-state index in [1.54, 1.807) is 12.5 Å². The Labute approximate surface area is 137 Å². The number of carbonyl (C=O) groups excluding carboxylic acids is 1. The molecule has 0 aliphatic carbocycles. The predicted octanol–water partition coefficient (Wildman–Crippen LogP) is 0.928. The van der Waals surface area contributed by atoms with Gasteiger partial charge in [0.2, 0.25) is 5.95 Å². The third-order valence-corrected chi connectivity index (χ3v) is 4.25. The molecule has 0 saturated carbocycles. The maximum atomic E-state index is 13.1. The number of hydroxylamine groups is 2. The monoisotopic (exact) mass is 332 g/mol. The smallest absolute Gasteiger partial charge is 0.271 e. The van der Waals surface area contributed by atoms with Crippen LogP contribution >= 0.6 is 0 Å². The number of fused-ring (bicyclic) bond motifs is 1. The maximum absolute atomic E-state index is 13.1. The van der Waals surface area contributed by atoms with Crippen molar-refractivity contribution in [3.8, 4) is 0 Å². The van der Waals surface area contributed by atoms with Gasteiger partial charge in [-0.15, -0.1) is 0 Å². The van der Waals surface area contributed by atoms with Gasteiger partial charge in [0.25, 0.3) is 5.91 Å². The van der Waals surface area contributed by atoms with Crippen LogP contribution in [0.5, 0.6) is 0 Å². The van der Waals surface area contributed by atoms with Crippen molar-refractivity contribution in [1.29, 1.82) is 0 Å². The van der Waals surface area contributed by atoms with E-state index in [9.17, 15) is 9.18 Å². The van der Waals surface area contributed by atoms with Gasteiger partial charge >= 0.3 is 0 Å². The molecule has 2 aromatic heterocycles. The quantitative estimate of drug-likeness (QED) is 0.814. The summed E-state index contributed by atoms with van der Waals surface area (Å²) in [6.45, 7) is 2.04. The highest BCUT2D eigenvalue weighted by atomic mass is 19.1. The van der Waals surface area contributed by atoms with Gasteiger partial charge in [0.05, 0.1) is 44.1 Å². The molecule has 0 aromatic carbocycles. The molecule has 0 bridgehead atoms. The first kappa shape index (κ1) is 15.0. The Balaban J connectivity index is 1.61. The van der Waals surface area contributed by atoms with Crippen LogP contribution in [0.15, 0.2) is 24.9 Å². The Morgan fingerprint density at radius 3 is 2.83 bits per heavy atom. The number of amides is 1. The first-order valence-corrected chi connectivity index (χ1v) is 7.90. The summed E-state index contributed by atoms with van der Waals surface area (Å²) in [5.41, 5.74) is 0.879. The number of imidazole rings is 1. The van der Waals surface area contributed by atoms with Gasteiger partial charge in [0.15, 0.2) is 5.82 Å². The van der Waals surface area contributed by atoms with Crippen LogP contribution in [-0.2, 0) is 16.2 Å². The fourth-order valence-corrected chi connectivity index (χ4v) is 3.05. The lowest BCUT2D eigenvalue weighted by Gasteiger charge is -2.36. The summed E-state index contributed by atoms with van der Waals surface area (Å²) < 4.78 is 14.9. The van der Waals surface area contributed by atoms with Crippen molar-refractivity contribution in [3.05, 3.63) is 36.4 Å². The van der Waals surface area contributed by atoms with Gasteiger partial charge in [-0.2, -0.15) is 0 Å². The number of aromatic nitrogens is 4. The molecule has 0 unspecified atom stereocenters. The molecule has 1 fully saturated rings. The van der Waals surface area contributed by atoms with E-state index in [1.165, 1.54) is 5.06 Å². The largest absolute Gasteiger partial charge is 0.332 e. The zero-order chi connectivity index (χ0) is 16.5. The Morgan fingerprint density at radius 1 is 1.25 bits per heavy atom. The van der Waals surface area contributed by atoms with Crippen LogP contribution in [0.3, 0.4) is 0 Å². The molecule has 126 valence electrons. The Morgan fingerprint density at radius 2 is 2.08 bits per heavy atom. The molecule has 4 heterocycles. The van der Waals surface area contributed by atoms with Crippen molar-refractivity contribution >= 4 is 11.9 Å². The average molecular weight is 332 g/mol. The van der Waals surface area contributed by atoms with Crippen molar-refractivity contribution in [1.82, 2.24) is 24.6 Å². The molecule has 0 radical (unpaired) electrons. The molecule has 1 amide bonds. The summed E-state index contributed by atoms with van der Waals surface area (Å²) in [6, 6.07) is -0.469. The van der Waals surface area contributed by atoms with Gasteiger partial charge in [0.1, 0.15) is 6.04 Å². The standard InChI is InChI=1S/C15H17FN6O2/c16-11-5-18-15(19-6-11)20-8-12-7-17-10-21(12)13(9-20)14(23)22-3-1-2-4-24-22/h5-7,10,13H,1-4,8-9H2/t13-/m1/s1. The van der Waals surface area contributed by atoms with E-state index in [2.05, 4.69) is 15.0 Å². The normalized spacial score (nSPS) is 20.8. The second kappa shape index (κ2) is 6.16. The topological polar surface area (TPSA) is 76.4 Å². The summed E-state index contributed by atoms with van der Waals surface area (Å²) in [7, 11) is 0. The number of carbonyl (C=O) groups is 1. The second-order valence-electron chi connectivity index (χ2n) is 5.87. The van der Waals surface area contributed by atoms with Gasteiger partial charge in [-0.05, 0) is 12.8 Å². The lowest BCUT2D eigenvalue weighted by Crippen LogP contribution is -2.47. The molecule has 0 spiro atoms. The fraction of sp³-hybridized carbons (Fsp3) is 0.467. The van der Waals surface area contributed by atoms with Crippen molar-refractivity contribution in [2.24, 2.45) is 0 Å². The van der Waals surface area contributed by atoms with Crippen LogP contribution in [0.1, 0.15) is 24.6 Å². The van der Waals surface area contributed by atoms with Crippen molar-refractivity contribution in [2.45, 2.75) is 25.4 Å². The van der Waals surface area contributed by atoms with E-state index in [4.69, 9.17) is 4.84 Å². The number of halogens is 1. The lowest BCUT2D eigenvalue weighted by atomic mass is 10.1. The molecule has 1 saturated heterocycles. The molecule has 2 aliphatic rings. The molecule has 2 aliphatic heterocycles. The predicted molar refractivity (Wildman–Crippen MR) is 81.2 cm³/mol. The van der Waals surface area contributed by atoms with E-state index in [1.807, 2.05) is 9.47 Å².